The molecule has 21 heavy (non-hydrogen) atoms. The fourth-order valence-electron chi connectivity index (χ4n) is 2.21. The van der Waals surface area contributed by atoms with E-state index in [1.54, 1.807) is 19.2 Å². The Bertz CT molecular complexity index is 666. The highest BCUT2D eigenvalue weighted by Gasteiger charge is 2.36. The molecule has 2 rings (SSSR count). The molecule has 1 aromatic carbocycles. The normalized spacial score (nSPS) is 21.9. The summed E-state index contributed by atoms with van der Waals surface area (Å²) in [6, 6.07) is 6.30. The minimum atomic E-state index is -3.53. The van der Waals surface area contributed by atoms with Crippen molar-refractivity contribution < 1.29 is 18.3 Å². The van der Waals surface area contributed by atoms with Gasteiger partial charge < -0.3 is 5.11 Å². The number of nitrogens with zero attached hydrogens (tertiary/aromatic N) is 1. The molecule has 0 radical (unpaired) electrons. The van der Waals surface area contributed by atoms with Crippen LogP contribution in [-0.2, 0) is 14.8 Å². The lowest BCUT2D eigenvalue weighted by Gasteiger charge is -2.17. The van der Waals surface area contributed by atoms with Gasteiger partial charge in [0.15, 0.2) is 0 Å². The molecule has 0 heterocycles. The maximum atomic E-state index is 12.5. The average Bonchev–Trinajstić information content (AvgIpc) is 3.12. The first-order chi connectivity index (χ1) is 9.80. The van der Waals surface area contributed by atoms with E-state index in [2.05, 4.69) is 6.92 Å². The van der Waals surface area contributed by atoms with Gasteiger partial charge in [0.25, 0.3) is 0 Å². The summed E-state index contributed by atoms with van der Waals surface area (Å²) in [5, 5.41) is 8.61. The zero-order valence-corrected chi connectivity index (χ0v) is 12.9. The second-order valence-corrected chi connectivity index (χ2v) is 7.55. The Balaban J connectivity index is 2.19. The van der Waals surface area contributed by atoms with Crippen LogP contribution >= 0.6 is 0 Å². The van der Waals surface area contributed by atoms with Gasteiger partial charge in [0, 0.05) is 19.7 Å². The van der Waals surface area contributed by atoms with Crippen LogP contribution < -0.4 is 0 Å². The monoisotopic (exact) mass is 309 g/mol. The average molecular weight is 309 g/mol. The van der Waals surface area contributed by atoms with Crippen LogP contribution in [0.5, 0.6) is 0 Å². The van der Waals surface area contributed by atoms with Crippen molar-refractivity contribution >= 4 is 22.1 Å². The summed E-state index contributed by atoms with van der Waals surface area (Å²) in [4.78, 5) is 10.7. The Morgan fingerprint density at radius 3 is 2.71 bits per heavy atom. The van der Waals surface area contributed by atoms with Gasteiger partial charge in [-0.1, -0.05) is 19.1 Å². The molecule has 1 aliphatic carbocycles. The molecular weight excluding hydrogens is 290 g/mol. The van der Waals surface area contributed by atoms with E-state index in [1.807, 2.05) is 0 Å². The minimum Gasteiger partial charge on any atom is -0.478 e. The van der Waals surface area contributed by atoms with Crippen LogP contribution in [0, 0.1) is 11.8 Å². The molecule has 0 aliphatic heterocycles. The molecule has 0 aromatic heterocycles. The Morgan fingerprint density at radius 1 is 1.48 bits per heavy atom. The highest BCUT2D eigenvalue weighted by molar-refractivity contribution is 7.89. The van der Waals surface area contributed by atoms with Crippen molar-refractivity contribution in [1.82, 2.24) is 4.31 Å². The summed E-state index contributed by atoms with van der Waals surface area (Å²) in [6.45, 7) is 2.64. The van der Waals surface area contributed by atoms with Gasteiger partial charge in [-0.15, -0.1) is 0 Å². The van der Waals surface area contributed by atoms with E-state index in [1.165, 1.54) is 22.5 Å². The predicted octanol–water partition coefficient (Wildman–Crippen LogP) is 2.06. The molecule has 2 unspecified atom stereocenters. The Kier molecular flexibility index (Phi) is 4.49. The third-order valence-electron chi connectivity index (χ3n) is 3.75. The molecule has 1 aliphatic rings. The number of carboxylic acids is 1. The van der Waals surface area contributed by atoms with E-state index in [-0.39, 0.29) is 4.90 Å². The topological polar surface area (TPSA) is 74.7 Å². The standard InChI is InChI=1S/C15H19NO4S/c1-11-8-13(11)10-16(2)21(19,20)14-5-3-4-12(9-14)6-7-15(17)18/h3-7,9,11,13H,8,10H2,1-2H3,(H,17,18). The van der Waals surface area contributed by atoms with Crippen LogP contribution in [-0.4, -0.2) is 37.4 Å². The molecule has 1 aromatic rings. The third kappa shape index (κ3) is 3.92. The first-order valence-electron chi connectivity index (χ1n) is 6.78. The Labute approximate surface area is 124 Å². The van der Waals surface area contributed by atoms with Crippen LogP contribution in [0.1, 0.15) is 18.9 Å². The van der Waals surface area contributed by atoms with Crippen LogP contribution in [0.15, 0.2) is 35.2 Å². The van der Waals surface area contributed by atoms with Gasteiger partial charge in [-0.2, -0.15) is 0 Å². The molecule has 114 valence electrons. The summed E-state index contributed by atoms with van der Waals surface area (Å²) in [5.41, 5.74) is 0.548. The van der Waals surface area contributed by atoms with Crippen molar-refractivity contribution in [2.45, 2.75) is 18.2 Å². The van der Waals surface area contributed by atoms with Crippen LogP contribution in [0.2, 0.25) is 0 Å². The van der Waals surface area contributed by atoms with Gasteiger partial charge in [0.2, 0.25) is 10.0 Å². The highest BCUT2D eigenvalue weighted by Crippen LogP contribution is 2.38. The van der Waals surface area contributed by atoms with Crippen molar-refractivity contribution in [3.63, 3.8) is 0 Å². The fourth-order valence-corrected chi connectivity index (χ4v) is 3.49. The number of hydrogen-bond donors (Lipinski definition) is 1. The summed E-state index contributed by atoms with van der Waals surface area (Å²) in [5.74, 6) is -0.0320. The predicted molar refractivity (Wildman–Crippen MR) is 80.2 cm³/mol. The van der Waals surface area contributed by atoms with Crippen molar-refractivity contribution in [3.05, 3.63) is 35.9 Å². The number of hydrogen-bond acceptors (Lipinski definition) is 3. The number of sulfonamides is 1. The SMILES string of the molecule is CC1CC1CN(C)S(=O)(=O)c1cccc(C=CC(=O)O)c1. The molecule has 6 heteroatoms. The van der Waals surface area contributed by atoms with E-state index >= 15 is 0 Å². The van der Waals surface area contributed by atoms with Crippen LogP contribution in [0.25, 0.3) is 6.08 Å². The molecule has 1 saturated carbocycles. The molecule has 0 bridgehead atoms. The number of carboxylic acid groups (broad SMARTS) is 1. The van der Waals surface area contributed by atoms with E-state index in [4.69, 9.17) is 5.11 Å². The third-order valence-corrected chi connectivity index (χ3v) is 5.57. The Hall–Kier alpha value is -1.66. The van der Waals surface area contributed by atoms with Gasteiger partial charge >= 0.3 is 5.97 Å². The number of aliphatic carboxylic acids is 1. The maximum absolute atomic E-state index is 12.5. The maximum Gasteiger partial charge on any atom is 0.328 e. The number of rotatable bonds is 6. The van der Waals surface area contributed by atoms with Gasteiger partial charge in [-0.3, -0.25) is 0 Å². The van der Waals surface area contributed by atoms with Gasteiger partial charge in [-0.05, 0) is 42.0 Å². The molecule has 0 amide bonds. The van der Waals surface area contributed by atoms with Gasteiger partial charge in [0.1, 0.15) is 0 Å². The second kappa shape index (κ2) is 5.99. The van der Waals surface area contributed by atoms with E-state index in [0.29, 0.717) is 23.9 Å². The van der Waals surface area contributed by atoms with Crippen molar-refractivity contribution in [3.8, 4) is 0 Å². The zero-order valence-electron chi connectivity index (χ0n) is 12.1. The first kappa shape index (κ1) is 15.7. The lowest BCUT2D eigenvalue weighted by Crippen LogP contribution is -2.29. The Morgan fingerprint density at radius 2 is 2.14 bits per heavy atom. The fraction of sp³-hybridized carbons (Fsp3) is 0.400. The van der Waals surface area contributed by atoms with Crippen molar-refractivity contribution in [2.75, 3.05) is 13.6 Å². The molecule has 1 fully saturated rings. The second-order valence-electron chi connectivity index (χ2n) is 5.50. The van der Waals surface area contributed by atoms with Crippen molar-refractivity contribution in [2.24, 2.45) is 11.8 Å². The zero-order chi connectivity index (χ0) is 15.6. The van der Waals surface area contributed by atoms with Crippen LogP contribution in [0.3, 0.4) is 0 Å². The highest BCUT2D eigenvalue weighted by atomic mass is 32.2. The smallest absolute Gasteiger partial charge is 0.328 e. The molecule has 5 nitrogen and oxygen atoms in total. The summed E-state index contributed by atoms with van der Waals surface area (Å²) in [7, 11) is -1.94. The molecule has 0 spiro atoms. The van der Waals surface area contributed by atoms with E-state index in [0.717, 1.165) is 12.5 Å². The molecule has 0 saturated heterocycles. The summed E-state index contributed by atoms with van der Waals surface area (Å²) >= 11 is 0. The molecular formula is C15H19NO4S. The summed E-state index contributed by atoms with van der Waals surface area (Å²) < 4.78 is 26.3. The lowest BCUT2D eigenvalue weighted by atomic mass is 10.2. The van der Waals surface area contributed by atoms with Crippen molar-refractivity contribution in [1.29, 1.82) is 0 Å². The van der Waals surface area contributed by atoms with Gasteiger partial charge in [0.05, 0.1) is 4.90 Å². The quantitative estimate of drug-likeness (QED) is 0.816. The molecule has 1 N–H and O–H groups in total. The largest absolute Gasteiger partial charge is 0.478 e. The van der Waals surface area contributed by atoms with E-state index < -0.39 is 16.0 Å². The van der Waals surface area contributed by atoms with Gasteiger partial charge in [-0.25, -0.2) is 17.5 Å². The van der Waals surface area contributed by atoms with E-state index in [9.17, 15) is 13.2 Å². The molecule has 2 atom stereocenters. The minimum absolute atomic E-state index is 0.186. The first-order valence-corrected chi connectivity index (χ1v) is 8.22. The lowest BCUT2D eigenvalue weighted by molar-refractivity contribution is -0.131. The number of carbonyl (C=O) groups is 1. The van der Waals surface area contributed by atoms with Crippen LogP contribution in [0.4, 0.5) is 0 Å². The number of benzene rings is 1. The summed E-state index contributed by atoms with van der Waals surface area (Å²) in [6.07, 6.45) is 3.44.